The Morgan fingerprint density at radius 1 is 1.09 bits per heavy atom. The lowest BCUT2D eigenvalue weighted by atomic mass is 10.2. The first-order valence-electron chi connectivity index (χ1n) is 7.10. The predicted molar refractivity (Wildman–Crippen MR) is 92.9 cm³/mol. The fraction of sp³-hybridized carbons (Fsp3) is 0.235. The van der Waals surface area contributed by atoms with Crippen molar-refractivity contribution in [2.24, 2.45) is 0 Å². The van der Waals surface area contributed by atoms with E-state index in [-0.39, 0.29) is 5.91 Å². The molecule has 2 aromatic carbocycles. The Morgan fingerprint density at radius 2 is 1.68 bits per heavy atom. The highest BCUT2D eigenvalue weighted by atomic mass is 79.9. The van der Waals surface area contributed by atoms with Crippen molar-refractivity contribution in [1.82, 2.24) is 5.32 Å². The molecule has 0 bridgehead atoms. The van der Waals surface area contributed by atoms with E-state index in [2.05, 4.69) is 33.4 Å². The van der Waals surface area contributed by atoms with Gasteiger partial charge in [0.2, 0.25) is 0 Å². The summed E-state index contributed by atoms with van der Waals surface area (Å²) in [5.74, 6) is 0.0459. The molecular weight excluding hydrogens is 364 g/mol. The third kappa shape index (κ3) is 5.79. The van der Waals surface area contributed by atoms with Gasteiger partial charge in [-0.15, -0.1) is 0 Å². The van der Waals surface area contributed by atoms with Crippen LogP contribution in [-0.4, -0.2) is 19.5 Å². The minimum Gasteiger partial charge on any atom is -0.347 e. The monoisotopic (exact) mass is 381 g/mol. The molecule has 0 radical (unpaired) electrons. The van der Waals surface area contributed by atoms with Crippen molar-refractivity contribution in [1.29, 1.82) is 0 Å². The second kappa shape index (κ2) is 8.32. The summed E-state index contributed by atoms with van der Waals surface area (Å²) < 4.78 is 1.06. The molecule has 0 aliphatic rings. The molecule has 0 aromatic heterocycles. The van der Waals surface area contributed by atoms with E-state index < -0.39 is 0 Å². The molecule has 0 aliphatic heterocycles. The molecule has 3 nitrogen and oxygen atoms in total. The largest absolute Gasteiger partial charge is 0.347 e. The van der Waals surface area contributed by atoms with Crippen molar-refractivity contribution in [3.05, 3.63) is 69.2 Å². The Hall–Kier alpha value is -1.36. The van der Waals surface area contributed by atoms with Gasteiger partial charge in [0.15, 0.2) is 6.54 Å². The zero-order valence-electron chi connectivity index (χ0n) is 12.4. The van der Waals surface area contributed by atoms with Gasteiger partial charge in [-0.05, 0) is 29.8 Å². The Kier molecular flexibility index (Phi) is 6.43. The molecule has 0 saturated carbocycles. The molecule has 0 fully saturated rings. The lowest BCUT2D eigenvalue weighted by Crippen LogP contribution is -3.08. The second-order valence-corrected chi connectivity index (χ2v) is 6.69. The van der Waals surface area contributed by atoms with Crippen molar-refractivity contribution in [2.45, 2.75) is 13.1 Å². The summed E-state index contributed by atoms with van der Waals surface area (Å²) in [6.07, 6.45) is 0. The van der Waals surface area contributed by atoms with Gasteiger partial charge in [-0.2, -0.15) is 0 Å². The summed E-state index contributed by atoms with van der Waals surface area (Å²) in [7, 11) is 2.02. The molecule has 22 heavy (non-hydrogen) atoms. The van der Waals surface area contributed by atoms with Gasteiger partial charge in [0.05, 0.1) is 7.05 Å². The van der Waals surface area contributed by atoms with Crippen LogP contribution in [-0.2, 0) is 17.9 Å². The van der Waals surface area contributed by atoms with Crippen molar-refractivity contribution in [2.75, 3.05) is 13.6 Å². The van der Waals surface area contributed by atoms with Crippen LogP contribution in [0.5, 0.6) is 0 Å². The Morgan fingerprint density at radius 3 is 2.32 bits per heavy atom. The maximum atomic E-state index is 12.0. The summed E-state index contributed by atoms with van der Waals surface area (Å²) in [6, 6.07) is 15.7. The van der Waals surface area contributed by atoms with Gasteiger partial charge in [0, 0.05) is 21.6 Å². The molecule has 5 heteroatoms. The van der Waals surface area contributed by atoms with Crippen LogP contribution in [0.25, 0.3) is 0 Å². The van der Waals surface area contributed by atoms with E-state index in [0.29, 0.717) is 18.1 Å². The van der Waals surface area contributed by atoms with Crippen LogP contribution in [0.4, 0.5) is 0 Å². The van der Waals surface area contributed by atoms with E-state index >= 15 is 0 Å². The number of benzene rings is 2. The average Bonchev–Trinajstić information content (AvgIpc) is 2.49. The maximum Gasteiger partial charge on any atom is 0.275 e. The van der Waals surface area contributed by atoms with E-state index in [1.54, 1.807) is 0 Å². The third-order valence-corrected chi connectivity index (χ3v) is 4.07. The standard InChI is InChI=1S/C17H18BrClN2O/c1-21(11-14-2-6-15(18)7-3-14)12-17(22)20-10-13-4-8-16(19)9-5-13/h2-9H,10-12H2,1H3,(H,20,22)/p+1. The van der Waals surface area contributed by atoms with Gasteiger partial charge in [0.1, 0.15) is 6.54 Å². The first-order valence-corrected chi connectivity index (χ1v) is 8.27. The number of hydrogen-bond acceptors (Lipinski definition) is 1. The van der Waals surface area contributed by atoms with E-state index in [0.717, 1.165) is 21.5 Å². The molecule has 0 spiro atoms. The summed E-state index contributed by atoms with van der Waals surface area (Å²) in [5.41, 5.74) is 2.26. The lowest BCUT2D eigenvalue weighted by Gasteiger charge is -2.14. The fourth-order valence-corrected chi connectivity index (χ4v) is 2.54. The van der Waals surface area contributed by atoms with Crippen LogP contribution in [0.3, 0.4) is 0 Å². The van der Waals surface area contributed by atoms with Crippen LogP contribution in [0.15, 0.2) is 53.0 Å². The van der Waals surface area contributed by atoms with Crippen LogP contribution >= 0.6 is 27.5 Å². The minimum absolute atomic E-state index is 0.0459. The zero-order chi connectivity index (χ0) is 15.9. The highest BCUT2D eigenvalue weighted by Gasteiger charge is 2.10. The SMILES string of the molecule is C[NH+](CC(=O)NCc1ccc(Cl)cc1)Cc1ccc(Br)cc1. The van der Waals surface area contributed by atoms with E-state index in [4.69, 9.17) is 11.6 Å². The zero-order valence-corrected chi connectivity index (χ0v) is 14.7. The summed E-state index contributed by atoms with van der Waals surface area (Å²) >= 11 is 9.26. The molecule has 0 aliphatic carbocycles. The summed E-state index contributed by atoms with van der Waals surface area (Å²) in [5, 5.41) is 3.64. The molecule has 0 saturated heterocycles. The minimum atomic E-state index is 0.0459. The van der Waals surface area contributed by atoms with Crippen molar-refractivity contribution >= 4 is 33.4 Å². The van der Waals surface area contributed by atoms with E-state index in [9.17, 15) is 4.79 Å². The summed E-state index contributed by atoms with van der Waals surface area (Å²) in [6.45, 7) is 1.80. The molecular formula is C17H19BrClN2O+. The number of halogens is 2. The van der Waals surface area contributed by atoms with Crippen molar-refractivity contribution < 1.29 is 9.69 Å². The Bertz CT molecular complexity index is 614. The molecule has 1 unspecified atom stereocenters. The van der Waals surface area contributed by atoms with Gasteiger partial charge in [0.25, 0.3) is 5.91 Å². The number of quaternary nitrogens is 1. The quantitative estimate of drug-likeness (QED) is 0.790. The van der Waals surface area contributed by atoms with Gasteiger partial charge in [-0.25, -0.2) is 0 Å². The number of amides is 1. The number of rotatable bonds is 6. The fourth-order valence-electron chi connectivity index (χ4n) is 2.15. The highest BCUT2D eigenvalue weighted by molar-refractivity contribution is 9.10. The Balaban J connectivity index is 1.76. The van der Waals surface area contributed by atoms with E-state index in [1.165, 1.54) is 5.56 Å². The number of carbonyl (C=O) groups is 1. The smallest absolute Gasteiger partial charge is 0.275 e. The van der Waals surface area contributed by atoms with Crippen LogP contribution in [0.2, 0.25) is 5.02 Å². The molecule has 116 valence electrons. The topological polar surface area (TPSA) is 33.5 Å². The first kappa shape index (κ1) is 17.0. The molecule has 2 aromatic rings. The molecule has 0 heterocycles. The second-order valence-electron chi connectivity index (χ2n) is 5.34. The Labute approximate surface area is 144 Å². The number of carbonyl (C=O) groups excluding carboxylic acids is 1. The van der Waals surface area contributed by atoms with Crippen molar-refractivity contribution in [3.8, 4) is 0 Å². The number of nitrogens with one attached hydrogen (secondary N) is 2. The average molecular weight is 383 g/mol. The van der Waals surface area contributed by atoms with Gasteiger partial charge in [-0.1, -0.05) is 51.8 Å². The van der Waals surface area contributed by atoms with Crippen LogP contribution in [0, 0.1) is 0 Å². The normalized spacial score (nSPS) is 12.0. The molecule has 1 atom stereocenters. The summed E-state index contributed by atoms with van der Waals surface area (Å²) in [4.78, 5) is 13.1. The lowest BCUT2D eigenvalue weighted by molar-refractivity contribution is -0.885. The first-order chi connectivity index (χ1) is 10.5. The van der Waals surface area contributed by atoms with Crippen LogP contribution < -0.4 is 10.2 Å². The van der Waals surface area contributed by atoms with Gasteiger partial charge < -0.3 is 10.2 Å². The molecule has 2 N–H and O–H groups in total. The number of likely N-dealkylation sites (N-methyl/N-ethyl adjacent to an activating group) is 1. The highest BCUT2D eigenvalue weighted by Crippen LogP contribution is 2.10. The molecule has 1 amide bonds. The van der Waals surface area contributed by atoms with E-state index in [1.807, 2.05) is 43.4 Å². The third-order valence-electron chi connectivity index (χ3n) is 3.28. The van der Waals surface area contributed by atoms with Crippen molar-refractivity contribution in [3.63, 3.8) is 0 Å². The number of hydrogen-bond donors (Lipinski definition) is 2. The maximum absolute atomic E-state index is 12.0. The molecule has 2 rings (SSSR count). The predicted octanol–water partition coefficient (Wildman–Crippen LogP) is 2.43. The van der Waals surface area contributed by atoms with Gasteiger partial charge >= 0.3 is 0 Å². The van der Waals surface area contributed by atoms with Gasteiger partial charge in [-0.3, -0.25) is 4.79 Å². The van der Waals surface area contributed by atoms with Crippen LogP contribution in [0.1, 0.15) is 11.1 Å².